The Bertz CT molecular complexity index is 703. The largest absolute Gasteiger partial charge is 0.756 e. The topological polar surface area (TPSA) is 108 Å². The molecule has 9 heteroatoms. The second-order valence-electron chi connectivity index (χ2n) is 13.9. The lowest BCUT2D eigenvalue weighted by Crippen LogP contribution is -2.46. The van der Waals surface area contributed by atoms with E-state index in [4.69, 9.17) is 9.05 Å². The number of quaternary nitrogens is 1. The molecule has 0 heterocycles. The minimum atomic E-state index is -4.54. The zero-order valence-corrected chi connectivity index (χ0v) is 30.5. The summed E-state index contributed by atoms with van der Waals surface area (Å²) in [6, 6.07) is -0.789. The van der Waals surface area contributed by atoms with Gasteiger partial charge < -0.3 is 28.8 Å². The zero-order chi connectivity index (χ0) is 32.9. The molecule has 0 aromatic carbocycles. The van der Waals surface area contributed by atoms with Crippen LogP contribution in [-0.2, 0) is 18.4 Å². The minimum absolute atomic E-state index is 0.0150. The van der Waals surface area contributed by atoms with Gasteiger partial charge in [-0.05, 0) is 12.8 Å². The van der Waals surface area contributed by atoms with Crippen LogP contribution in [0.4, 0.5) is 0 Å². The van der Waals surface area contributed by atoms with Crippen LogP contribution >= 0.6 is 7.82 Å². The quantitative estimate of drug-likeness (QED) is 0.0420. The van der Waals surface area contributed by atoms with Gasteiger partial charge in [-0.2, -0.15) is 0 Å². The molecular weight excluding hydrogens is 575 g/mol. The van der Waals surface area contributed by atoms with E-state index >= 15 is 0 Å². The Labute approximate surface area is 272 Å². The third kappa shape index (κ3) is 30.2. The van der Waals surface area contributed by atoms with Crippen molar-refractivity contribution in [3.63, 3.8) is 0 Å². The first-order chi connectivity index (χ1) is 21.0. The number of aliphatic hydroxyl groups excluding tert-OH is 1. The zero-order valence-electron chi connectivity index (χ0n) is 29.6. The van der Waals surface area contributed by atoms with Gasteiger partial charge in [0.2, 0.25) is 5.91 Å². The van der Waals surface area contributed by atoms with E-state index in [1.165, 1.54) is 103 Å². The summed E-state index contributed by atoms with van der Waals surface area (Å²) in [5.74, 6) is -0.174. The van der Waals surface area contributed by atoms with Crippen molar-refractivity contribution in [1.29, 1.82) is 0 Å². The number of amides is 1. The molecule has 8 nitrogen and oxygen atoms in total. The first-order valence-electron chi connectivity index (χ1n) is 18.4. The summed E-state index contributed by atoms with van der Waals surface area (Å²) < 4.78 is 23.0. The number of nitrogens with one attached hydrogen (secondary N) is 1. The Kier molecular flexibility index (Phi) is 28.4. The summed E-state index contributed by atoms with van der Waals surface area (Å²) in [5, 5.41) is 13.7. The van der Waals surface area contributed by atoms with Crippen molar-refractivity contribution in [1.82, 2.24) is 5.32 Å². The Morgan fingerprint density at radius 3 is 1.55 bits per heavy atom. The molecule has 0 aliphatic carbocycles. The predicted octanol–water partition coefficient (Wildman–Crippen LogP) is 8.44. The minimum Gasteiger partial charge on any atom is -0.756 e. The van der Waals surface area contributed by atoms with E-state index in [9.17, 15) is 19.4 Å². The van der Waals surface area contributed by atoms with Crippen LogP contribution in [-0.4, -0.2) is 68.5 Å². The Morgan fingerprint density at radius 2 is 1.11 bits per heavy atom. The molecule has 44 heavy (non-hydrogen) atoms. The molecule has 1 amide bonds. The van der Waals surface area contributed by atoms with E-state index in [-0.39, 0.29) is 19.1 Å². The van der Waals surface area contributed by atoms with E-state index < -0.39 is 20.0 Å². The van der Waals surface area contributed by atoms with Gasteiger partial charge in [-0.15, -0.1) is 0 Å². The molecule has 0 aromatic rings. The van der Waals surface area contributed by atoms with Gasteiger partial charge >= 0.3 is 0 Å². The van der Waals surface area contributed by atoms with Crippen LogP contribution in [0, 0.1) is 0 Å². The fourth-order valence-electron chi connectivity index (χ4n) is 5.33. The van der Waals surface area contributed by atoms with Crippen LogP contribution in [0.25, 0.3) is 0 Å². The second-order valence-corrected chi connectivity index (χ2v) is 15.4. The maximum absolute atomic E-state index is 12.6. The third-order valence-electron chi connectivity index (χ3n) is 8.35. The van der Waals surface area contributed by atoms with Crippen LogP contribution in [0.2, 0.25) is 0 Å². The SMILES string of the molecule is CCCCCCCCCCCCCCCCCCC(O)C(COP(=O)([O-])OCC[N+](C)(C)C)NC(=O)CCCCCCCC. The first kappa shape index (κ1) is 43.5. The van der Waals surface area contributed by atoms with Crippen molar-refractivity contribution < 1.29 is 32.9 Å². The lowest BCUT2D eigenvalue weighted by atomic mass is 10.0. The van der Waals surface area contributed by atoms with E-state index in [1.54, 1.807) is 0 Å². The molecule has 0 aliphatic rings. The van der Waals surface area contributed by atoms with E-state index in [0.717, 1.165) is 38.5 Å². The maximum atomic E-state index is 12.6. The molecular formula is C35H73N2O6P. The number of nitrogens with zero attached hydrogens (tertiary/aromatic N) is 1. The number of carbonyl (C=O) groups is 1. The van der Waals surface area contributed by atoms with Gasteiger partial charge in [0.25, 0.3) is 7.82 Å². The molecule has 0 aromatic heterocycles. The molecule has 0 radical (unpaired) electrons. The first-order valence-corrected chi connectivity index (χ1v) is 19.8. The van der Waals surface area contributed by atoms with Gasteiger partial charge in [0.1, 0.15) is 13.2 Å². The monoisotopic (exact) mass is 649 g/mol. The molecule has 0 fully saturated rings. The molecule has 0 rings (SSSR count). The lowest BCUT2D eigenvalue weighted by Gasteiger charge is -2.30. The number of aliphatic hydroxyl groups is 1. The number of likely N-dealkylation sites (N-methyl/N-ethyl adjacent to an activating group) is 1. The van der Waals surface area contributed by atoms with E-state index in [2.05, 4.69) is 19.2 Å². The molecule has 3 atom stereocenters. The number of hydrogen-bond acceptors (Lipinski definition) is 6. The van der Waals surface area contributed by atoms with Gasteiger partial charge in [-0.3, -0.25) is 9.36 Å². The molecule has 0 aliphatic heterocycles. The highest BCUT2D eigenvalue weighted by Gasteiger charge is 2.24. The Morgan fingerprint density at radius 1 is 0.705 bits per heavy atom. The molecule has 3 unspecified atom stereocenters. The van der Waals surface area contributed by atoms with Crippen molar-refractivity contribution in [2.24, 2.45) is 0 Å². The number of hydrogen-bond donors (Lipinski definition) is 2. The van der Waals surface area contributed by atoms with Gasteiger partial charge in [-0.1, -0.05) is 149 Å². The molecule has 0 saturated carbocycles. The summed E-state index contributed by atoms with van der Waals surface area (Å²) >= 11 is 0. The van der Waals surface area contributed by atoms with Crippen molar-refractivity contribution >= 4 is 13.7 Å². The van der Waals surface area contributed by atoms with Crippen LogP contribution in [0.1, 0.15) is 168 Å². The standard InChI is InChI=1S/C35H73N2O6P/c1-6-8-10-12-14-15-16-17-18-19-20-21-22-23-24-26-28-34(38)33(36-35(39)29-27-25-13-11-9-7-2)32-43-44(40,41)42-31-30-37(3,4)5/h33-34,38H,6-32H2,1-5H3,(H-,36,39,40,41). The van der Waals surface area contributed by atoms with Crippen LogP contribution in [0.3, 0.4) is 0 Å². The highest BCUT2D eigenvalue weighted by Crippen LogP contribution is 2.38. The maximum Gasteiger partial charge on any atom is 0.268 e. The van der Waals surface area contributed by atoms with Crippen LogP contribution in [0.5, 0.6) is 0 Å². The summed E-state index contributed by atoms with van der Waals surface area (Å²) in [5.41, 5.74) is 0. The smallest absolute Gasteiger partial charge is 0.268 e. The van der Waals surface area contributed by atoms with Gasteiger partial charge in [0, 0.05) is 6.42 Å². The third-order valence-corrected chi connectivity index (χ3v) is 9.31. The summed E-state index contributed by atoms with van der Waals surface area (Å²) in [6.07, 6.45) is 26.9. The molecule has 0 spiro atoms. The van der Waals surface area contributed by atoms with Crippen molar-refractivity contribution in [2.45, 2.75) is 180 Å². The number of unbranched alkanes of at least 4 members (excludes halogenated alkanes) is 20. The average Bonchev–Trinajstić information content (AvgIpc) is 2.95. The molecule has 264 valence electrons. The van der Waals surface area contributed by atoms with E-state index in [0.29, 0.717) is 23.9 Å². The highest BCUT2D eigenvalue weighted by atomic mass is 31.2. The molecule has 0 saturated heterocycles. The fourth-order valence-corrected chi connectivity index (χ4v) is 6.05. The Hall–Kier alpha value is -0.500. The highest BCUT2D eigenvalue weighted by molar-refractivity contribution is 7.45. The van der Waals surface area contributed by atoms with Crippen molar-refractivity contribution in [3.8, 4) is 0 Å². The summed E-state index contributed by atoms with van der Waals surface area (Å²) in [7, 11) is 1.31. The lowest BCUT2D eigenvalue weighted by molar-refractivity contribution is -0.870. The summed E-state index contributed by atoms with van der Waals surface area (Å²) in [4.78, 5) is 24.9. The van der Waals surface area contributed by atoms with E-state index in [1.807, 2.05) is 21.1 Å². The number of phosphoric acid groups is 1. The number of rotatable bonds is 33. The van der Waals surface area contributed by atoms with Gasteiger partial charge in [-0.25, -0.2) is 0 Å². The molecule has 0 bridgehead atoms. The summed E-state index contributed by atoms with van der Waals surface area (Å²) in [6.45, 7) is 4.64. The predicted molar refractivity (Wildman–Crippen MR) is 183 cm³/mol. The van der Waals surface area contributed by atoms with Gasteiger partial charge in [0.05, 0.1) is 39.9 Å². The average molecular weight is 649 g/mol. The fraction of sp³-hybridized carbons (Fsp3) is 0.971. The van der Waals surface area contributed by atoms with Crippen molar-refractivity contribution in [2.75, 3.05) is 40.9 Å². The van der Waals surface area contributed by atoms with Gasteiger partial charge in [0.15, 0.2) is 0 Å². The molecule has 2 N–H and O–H groups in total. The Balaban J connectivity index is 4.33. The second kappa shape index (κ2) is 28.7. The van der Waals surface area contributed by atoms with Crippen molar-refractivity contribution in [3.05, 3.63) is 0 Å². The van der Waals surface area contributed by atoms with Crippen LogP contribution < -0.4 is 10.2 Å². The number of carbonyl (C=O) groups excluding carboxylic acids is 1. The number of phosphoric ester groups is 1. The van der Waals surface area contributed by atoms with Crippen LogP contribution in [0.15, 0.2) is 0 Å². The normalized spacial score (nSPS) is 14.8.